The molecule has 0 aliphatic rings. The molecule has 1 aromatic rings. The molecule has 0 aromatic heterocycles. The molecule has 1 aromatic carbocycles. The van der Waals surface area contributed by atoms with Crippen LogP contribution >= 0.6 is 0 Å². The van der Waals surface area contributed by atoms with Crippen molar-refractivity contribution in [3.63, 3.8) is 0 Å². The Balaban J connectivity index is 2.01. The average molecular weight is 321 g/mol. The number of hydrogen-bond acceptors (Lipinski definition) is 3. The Kier molecular flexibility index (Phi) is 9.92. The van der Waals surface area contributed by atoms with Gasteiger partial charge in [-0.3, -0.25) is 4.79 Å². The number of carbonyl (C=O) groups is 1. The summed E-state index contributed by atoms with van der Waals surface area (Å²) in [5.41, 5.74) is 0.778. The van der Waals surface area contributed by atoms with Crippen molar-refractivity contribution in [3.8, 4) is 11.5 Å². The molecule has 0 fully saturated rings. The van der Waals surface area contributed by atoms with E-state index in [0.29, 0.717) is 13.0 Å². The van der Waals surface area contributed by atoms with Crippen LogP contribution in [-0.2, 0) is 11.3 Å². The van der Waals surface area contributed by atoms with Gasteiger partial charge in [0.05, 0.1) is 0 Å². The first-order valence-electron chi connectivity index (χ1n) is 8.91. The van der Waals surface area contributed by atoms with Crippen LogP contribution in [0, 0.1) is 0 Å². The first kappa shape index (κ1) is 19.3. The average Bonchev–Trinajstić information content (AvgIpc) is 2.54. The first-order chi connectivity index (χ1) is 11.1. The molecular formula is C19H31NO3. The lowest BCUT2D eigenvalue weighted by molar-refractivity contribution is -0.121. The van der Waals surface area contributed by atoms with Crippen LogP contribution in [0.3, 0.4) is 0 Å². The van der Waals surface area contributed by atoms with Gasteiger partial charge in [0.15, 0.2) is 11.5 Å². The molecule has 23 heavy (non-hydrogen) atoms. The van der Waals surface area contributed by atoms with Crippen LogP contribution in [0.2, 0.25) is 0 Å². The highest BCUT2D eigenvalue weighted by Crippen LogP contribution is 2.24. The third-order valence-corrected chi connectivity index (χ3v) is 4.04. The van der Waals surface area contributed by atoms with E-state index in [4.69, 9.17) is 0 Å². The molecule has 1 amide bonds. The topological polar surface area (TPSA) is 69.6 Å². The van der Waals surface area contributed by atoms with Gasteiger partial charge in [0.2, 0.25) is 5.91 Å². The quantitative estimate of drug-likeness (QED) is 0.388. The summed E-state index contributed by atoms with van der Waals surface area (Å²) < 4.78 is 0. The maximum absolute atomic E-state index is 11.8. The number of unbranched alkanes of at least 4 members (excludes halogenated alkanes) is 8. The molecule has 0 aliphatic heterocycles. The second kappa shape index (κ2) is 11.8. The second-order valence-electron chi connectivity index (χ2n) is 6.18. The molecule has 3 N–H and O–H groups in total. The van der Waals surface area contributed by atoms with Gasteiger partial charge in [-0.2, -0.15) is 0 Å². The van der Waals surface area contributed by atoms with Gasteiger partial charge >= 0.3 is 0 Å². The lowest BCUT2D eigenvalue weighted by Gasteiger charge is -2.07. The second-order valence-corrected chi connectivity index (χ2v) is 6.18. The molecule has 0 aliphatic carbocycles. The van der Waals surface area contributed by atoms with Gasteiger partial charge in [-0.25, -0.2) is 0 Å². The fourth-order valence-electron chi connectivity index (χ4n) is 2.56. The molecule has 0 heterocycles. The highest BCUT2D eigenvalue weighted by atomic mass is 16.3. The van der Waals surface area contributed by atoms with E-state index in [1.807, 2.05) is 0 Å². The molecule has 130 valence electrons. The molecular weight excluding hydrogens is 290 g/mol. The number of phenols is 2. The summed E-state index contributed by atoms with van der Waals surface area (Å²) in [5, 5.41) is 21.5. The maximum atomic E-state index is 11.8. The monoisotopic (exact) mass is 321 g/mol. The number of benzene rings is 1. The van der Waals surface area contributed by atoms with E-state index in [1.54, 1.807) is 6.07 Å². The number of nitrogens with one attached hydrogen (secondary N) is 1. The normalized spacial score (nSPS) is 10.7. The minimum absolute atomic E-state index is 0.0421. The van der Waals surface area contributed by atoms with Gasteiger partial charge in [-0.1, -0.05) is 64.4 Å². The van der Waals surface area contributed by atoms with Crippen LogP contribution in [-0.4, -0.2) is 16.1 Å². The third-order valence-electron chi connectivity index (χ3n) is 4.04. The molecule has 4 nitrogen and oxygen atoms in total. The number of hydrogen-bond donors (Lipinski definition) is 3. The van der Waals surface area contributed by atoms with Gasteiger partial charge in [-0.05, 0) is 24.1 Å². The van der Waals surface area contributed by atoms with Crippen molar-refractivity contribution in [1.82, 2.24) is 5.32 Å². The van der Waals surface area contributed by atoms with Crippen molar-refractivity contribution in [2.24, 2.45) is 0 Å². The molecule has 0 atom stereocenters. The van der Waals surface area contributed by atoms with Gasteiger partial charge < -0.3 is 15.5 Å². The lowest BCUT2D eigenvalue weighted by atomic mass is 10.1. The fourth-order valence-corrected chi connectivity index (χ4v) is 2.56. The smallest absolute Gasteiger partial charge is 0.220 e. The van der Waals surface area contributed by atoms with Gasteiger partial charge in [0.1, 0.15) is 0 Å². The van der Waals surface area contributed by atoms with Crippen LogP contribution in [0.4, 0.5) is 0 Å². The highest BCUT2D eigenvalue weighted by molar-refractivity contribution is 5.75. The summed E-state index contributed by atoms with van der Waals surface area (Å²) in [7, 11) is 0. The van der Waals surface area contributed by atoms with Crippen LogP contribution in [0.1, 0.15) is 76.7 Å². The Hall–Kier alpha value is -1.71. The largest absolute Gasteiger partial charge is 0.504 e. The Morgan fingerprint density at radius 2 is 1.52 bits per heavy atom. The molecule has 0 saturated carbocycles. The van der Waals surface area contributed by atoms with Crippen LogP contribution in [0.15, 0.2) is 18.2 Å². The number of carbonyl (C=O) groups excluding carboxylic acids is 1. The zero-order valence-corrected chi connectivity index (χ0v) is 14.3. The van der Waals surface area contributed by atoms with Crippen LogP contribution < -0.4 is 5.32 Å². The predicted molar refractivity (Wildman–Crippen MR) is 93.5 cm³/mol. The zero-order valence-electron chi connectivity index (χ0n) is 14.3. The highest BCUT2D eigenvalue weighted by Gasteiger charge is 2.04. The van der Waals surface area contributed by atoms with Crippen molar-refractivity contribution in [2.45, 2.75) is 77.7 Å². The molecule has 1 rings (SSSR count). The van der Waals surface area contributed by atoms with Crippen molar-refractivity contribution in [3.05, 3.63) is 23.8 Å². The molecule has 4 heteroatoms. The Morgan fingerprint density at radius 3 is 2.13 bits per heavy atom. The van der Waals surface area contributed by atoms with Crippen molar-refractivity contribution in [2.75, 3.05) is 0 Å². The number of amides is 1. The molecule has 0 spiro atoms. The summed E-state index contributed by atoms with van der Waals surface area (Å²) in [6, 6.07) is 4.58. The predicted octanol–water partition coefficient (Wildman–Crippen LogP) is 4.63. The van der Waals surface area contributed by atoms with E-state index < -0.39 is 0 Å². The molecule has 0 saturated heterocycles. The van der Waals surface area contributed by atoms with E-state index in [9.17, 15) is 15.0 Å². The van der Waals surface area contributed by atoms with Crippen LogP contribution in [0.5, 0.6) is 11.5 Å². The Labute approximate surface area is 139 Å². The zero-order chi connectivity index (χ0) is 16.9. The van der Waals surface area contributed by atoms with Gasteiger partial charge in [0.25, 0.3) is 0 Å². The fraction of sp³-hybridized carbons (Fsp3) is 0.632. The van der Waals surface area contributed by atoms with Gasteiger partial charge in [-0.15, -0.1) is 0 Å². The lowest BCUT2D eigenvalue weighted by Crippen LogP contribution is -2.22. The Bertz CT molecular complexity index is 460. The van der Waals surface area contributed by atoms with E-state index in [2.05, 4.69) is 12.2 Å². The van der Waals surface area contributed by atoms with E-state index >= 15 is 0 Å². The summed E-state index contributed by atoms with van der Waals surface area (Å²) >= 11 is 0. The Morgan fingerprint density at radius 1 is 0.913 bits per heavy atom. The van der Waals surface area contributed by atoms with Crippen LogP contribution in [0.25, 0.3) is 0 Å². The van der Waals surface area contributed by atoms with E-state index in [0.717, 1.165) is 18.4 Å². The van der Waals surface area contributed by atoms with E-state index in [1.165, 1.54) is 57.1 Å². The molecule has 0 radical (unpaired) electrons. The molecule has 0 bridgehead atoms. The summed E-state index contributed by atoms with van der Waals surface area (Å²) in [6.45, 7) is 2.61. The first-order valence-corrected chi connectivity index (χ1v) is 8.91. The maximum Gasteiger partial charge on any atom is 0.220 e. The van der Waals surface area contributed by atoms with Gasteiger partial charge in [0, 0.05) is 13.0 Å². The standard InChI is InChI=1S/C19H31NO3/c1-2-3-4-5-6-7-8-9-10-11-19(23)20-15-16-12-13-17(21)18(22)14-16/h12-14,21-22H,2-11,15H2,1H3,(H,20,23). The minimum Gasteiger partial charge on any atom is -0.504 e. The number of aromatic hydroxyl groups is 2. The van der Waals surface area contributed by atoms with E-state index in [-0.39, 0.29) is 17.4 Å². The van der Waals surface area contributed by atoms with Crippen molar-refractivity contribution in [1.29, 1.82) is 0 Å². The summed E-state index contributed by atoms with van der Waals surface area (Å²) in [5.74, 6) is -0.258. The summed E-state index contributed by atoms with van der Waals surface area (Å²) in [4.78, 5) is 11.8. The summed E-state index contributed by atoms with van der Waals surface area (Å²) in [6.07, 6.45) is 11.7. The number of phenolic OH excluding ortho intramolecular Hbond substituents is 2. The van der Waals surface area contributed by atoms with Crippen molar-refractivity contribution < 1.29 is 15.0 Å². The molecule has 0 unspecified atom stereocenters. The SMILES string of the molecule is CCCCCCCCCCCC(=O)NCc1ccc(O)c(O)c1. The third kappa shape index (κ3) is 9.11. The van der Waals surface area contributed by atoms with Crippen molar-refractivity contribution >= 4 is 5.91 Å². The number of rotatable bonds is 12. The minimum atomic E-state index is -0.157.